The van der Waals surface area contributed by atoms with Crippen LogP contribution >= 0.6 is 0 Å². The predicted octanol–water partition coefficient (Wildman–Crippen LogP) is 3.11. The highest BCUT2D eigenvalue weighted by Gasteiger charge is 2.28. The molecule has 0 aliphatic carbocycles. The molecule has 6 heteroatoms. The van der Waals surface area contributed by atoms with E-state index in [1.54, 1.807) is 12.1 Å². The largest absolute Gasteiger partial charge is 0.377 e. The third kappa shape index (κ3) is 5.04. The van der Waals surface area contributed by atoms with E-state index >= 15 is 0 Å². The van der Waals surface area contributed by atoms with Crippen LogP contribution in [0.3, 0.4) is 0 Å². The van der Waals surface area contributed by atoms with Crippen molar-refractivity contribution in [3.63, 3.8) is 0 Å². The summed E-state index contributed by atoms with van der Waals surface area (Å²) in [5, 5.41) is 8.83. The number of nitrogens with zero attached hydrogens (tertiary/aromatic N) is 2. The number of rotatable bonds is 9. The first-order valence-corrected chi connectivity index (χ1v) is 10.1. The number of hydrogen-bond donors (Lipinski definition) is 0. The summed E-state index contributed by atoms with van der Waals surface area (Å²) >= 11 is 0. The molecule has 1 saturated heterocycles. The average Bonchev–Trinajstić information content (AvgIpc) is 3.10. The molecule has 0 radical (unpaired) electrons. The lowest BCUT2D eigenvalue weighted by Gasteiger charge is -2.24. The number of benzene rings is 1. The van der Waals surface area contributed by atoms with Gasteiger partial charge in [-0.15, -0.1) is 0 Å². The SMILES string of the molecule is CCCCc1ccc(S(=O)(=O)N(CCC#N)CC2CCCO2)cc1. The Bertz CT molecular complexity index is 644. The second-order valence-corrected chi connectivity index (χ2v) is 8.09. The van der Waals surface area contributed by atoms with Crippen molar-refractivity contribution in [2.24, 2.45) is 0 Å². The summed E-state index contributed by atoms with van der Waals surface area (Å²) < 4.78 is 32.8. The molecule has 0 saturated carbocycles. The highest BCUT2D eigenvalue weighted by molar-refractivity contribution is 7.89. The van der Waals surface area contributed by atoms with E-state index in [2.05, 4.69) is 6.92 Å². The molecule has 0 spiro atoms. The molecule has 1 aliphatic heterocycles. The Hall–Kier alpha value is -1.42. The van der Waals surface area contributed by atoms with E-state index < -0.39 is 10.0 Å². The molecule has 0 bridgehead atoms. The Balaban J connectivity index is 2.14. The smallest absolute Gasteiger partial charge is 0.243 e. The van der Waals surface area contributed by atoms with Gasteiger partial charge in [0.1, 0.15) is 0 Å². The molecule has 1 fully saturated rings. The minimum atomic E-state index is -3.60. The Labute approximate surface area is 145 Å². The van der Waals surface area contributed by atoms with E-state index in [-0.39, 0.29) is 19.1 Å². The van der Waals surface area contributed by atoms with E-state index in [1.165, 1.54) is 4.31 Å². The fraction of sp³-hybridized carbons (Fsp3) is 0.611. The maximum Gasteiger partial charge on any atom is 0.243 e. The van der Waals surface area contributed by atoms with Crippen LogP contribution in [0.25, 0.3) is 0 Å². The molecule has 2 rings (SSSR count). The van der Waals surface area contributed by atoms with Crippen molar-refractivity contribution >= 4 is 10.0 Å². The fourth-order valence-corrected chi connectivity index (χ4v) is 4.33. The molecule has 0 aromatic heterocycles. The molecule has 1 unspecified atom stereocenters. The summed E-state index contributed by atoms with van der Waals surface area (Å²) in [5.74, 6) is 0. The zero-order valence-corrected chi connectivity index (χ0v) is 15.1. The summed E-state index contributed by atoms with van der Waals surface area (Å²) in [6.07, 6.45) is 5.12. The lowest BCUT2D eigenvalue weighted by atomic mass is 10.1. The van der Waals surface area contributed by atoms with Crippen LogP contribution in [0.1, 0.15) is 44.6 Å². The Morgan fingerprint density at radius 3 is 2.67 bits per heavy atom. The van der Waals surface area contributed by atoms with Crippen molar-refractivity contribution in [2.45, 2.75) is 56.4 Å². The number of aryl methyl sites for hydroxylation is 1. The first-order valence-electron chi connectivity index (χ1n) is 8.65. The third-order valence-corrected chi connectivity index (χ3v) is 6.16. The number of unbranched alkanes of at least 4 members (excludes halogenated alkanes) is 1. The van der Waals surface area contributed by atoms with Gasteiger partial charge in [-0.25, -0.2) is 8.42 Å². The Morgan fingerprint density at radius 2 is 2.08 bits per heavy atom. The zero-order chi connectivity index (χ0) is 17.4. The summed E-state index contributed by atoms with van der Waals surface area (Å²) in [7, 11) is -3.60. The van der Waals surface area contributed by atoms with E-state index in [4.69, 9.17) is 10.00 Å². The number of nitriles is 1. The van der Waals surface area contributed by atoms with E-state index in [0.717, 1.165) is 37.7 Å². The molecule has 0 N–H and O–H groups in total. The monoisotopic (exact) mass is 350 g/mol. The molecule has 5 nitrogen and oxygen atoms in total. The topological polar surface area (TPSA) is 70.4 Å². The second kappa shape index (κ2) is 9.16. The number of ether oxygens (including phenoxy) is 1. The molecular weight excluding hydrogens is 324 g/mol. The number of hydrogen-bond acceptors (Lipinski definition) is 4. The molecular formula is C18H26N2O3S. The van der Waals surface area contributed by atoms with Crippen molar-refractivity contribution < 1.29 is 13.2 Å². The molecule has 1 aliphatic rings. The van der Waals surface area contributed by atoms with Crippen LogP contribution in [0.4, 0.5) is 0 Å². The Morgan fingerprint density at radius 1 is 1.33 bits per heavy atom. The lowest BCUT2D eigenvalue weighted by Crippen LogP contribution is -2.38. The predicted molar refractivity (Wildman–Crippen MR) is 93.0 cm³/mol. The van der Waals surface area contributed by atoms with Gasteiger partial charge < -0.3 is 4.74 Å². The highest BCUT2D eigenvalue weighted by atomic mass is 32.2. The van der Waals surface area contributed by atoms with E-state index in [0.29, 0.717) is 18.0 Å². The highest BCUT2D eigenvalue weighted by Crippen LogP contribution is 2.21. The first kappa shape index (κ1) is 18.9. The van der Waals surface area contributed by atoms with Gasteiger partial charge in [-0.05, 0) is 43.4 Å². The van der Waals surface area contributed by atoms with Crippen LogP contribution in [0.15, 0.2) is 29.2 Å². The van der Waals surface area contributed by atoms with Crippen LogP contribution in [0.2, 0.25) is 0 Å². The van der Waals surface area contributed by atoms with Gasteiger partial charge in [-0.1, -0.05) is 25.5 Å². The summed E-state index contributed by atoms with van der Waals surface area (Å²) in [5.41, 5.74) is 1.15. The molecule has 24 heavy (non-hydrogen) atoms. The third-order valence-electron chi connectivity index (χ3n) is 4.28. The van der Waals surface area contributed by atoms with Gasteiger partial charge in [-0.3, -0.25) is 0 Å². The van der Waals surface area contributed by atoms with Gasteiger partial charge in [0.15, 0.2) is 0 Å². The normalized spacial score (nSPS) is 18.0. The van der Waals surface area contributed by atoms with Crippen LogP contribution < -0.4 is 0 Å². The fourth-order valence-electron chi connectivity index (χ4n) is 2.86. The summed E-state index contributed by atoms with van der Waals surface area (Å²) in [4.78, 5) is 0.290. The van der Waals surface area contributed by atoms with Crippen molar-refractivity contribution in [3.05, 3.63) is 29.8 Å². The maximum absolute atomic E-state index is 12.9. The standard InChI is InChI=1S/C18H26N2O3S/c1-2-3-6-16-8-10-18(11-9-16)24(21,22)20(13-5-12-19)15-17-7-4-14-23-17/h8-11,17H,2-7,13-15H2,1H3. The minimum absolute atomic E-state index is 0.0673. The molecule has 0 amide bonds. The molecule has 1 aromatic carbocycles. The van der Waals surface area contributed by atoms with Crippen molar-refractivity contribution in [1.82, 2.24) is 4.31 Å². The zero-order valence-electron chi connectivity index (χ0n) is 14.3. The van der Waals surface area contributed by atoms with Gasteiger partial charge >= 0.3 is 0 Å². The van der Waals surface area contributed by atoms with E-state index in [9.17, 15) is 8.42 Å². The minimum Gasteiger partial charge on any atom is -0.377 e. The lowest BCUT2D eigenvalue weighted by molar-refractivity contribution is 0.0941. The van der Waals surface area contributed by atoms with Crippen molar-refractivity contribution in [3.8, 4) is 6.07 Å². The van der Waals surface area contributed by atoms with Crippen molar-refractivity contribution in [2.75, 3.05) is 19.7 Å². The molecule has 132 valence electrons. The summed E-state index contributed by atoms with van der Waals surface area (Å²) in [6, 6.07) is 9.16. The molecule has 1 heterocycles. The molecule has 1 aromatic rings. The van der Waals surface area contributed by atoms with Crippen LogP contribution in [0.5, 0.6) is 0 Å². The van der Waals surface area contributed by atoms with Gasteiger partial charge in [0.25, 0.3) is 0 Å². The van der Waals surface area contributed by atoms with Crippen molar-refractivity contribution in [1.29, 1.82) is 5.26 Å². The number of sulfonamides is 1. The molecule has 1 atom stereocenters. The Kier molecular flexibility index (Phi) is 7.22. The van der Waals surface area contributed by atoms with Gasteiger partial charge in [0.2, 0.25) is 10.0 Å². The first-order chi connectivity index (χ1) is 11.6. The average molecular weight is 350 g/mol. The van der Waals surface area contributed by atoms with Crippen LogP contribution in [-0.4, -0.2) is 38.5 Å². The maximum atomic E-state index is 12.9. The second-order valence-electron chi connectivity index (χ2n) is 6.15. The van der Waals surface area contributed by atoms with Crippen LogP contribution in [-0.2, 0) is 21.2 Å². The van der Waals surface area contributed by atoms with Gasteiger partial charge in [0.05, 0.1) is 17.1 Å². The van der Waals surface area contributed by atoms with Gasteiger partial charge in [-0.2, -0.15) is 9.57 Å². The summed E-state index contributed by atoms with van der Waals surface area (Å²) in [6.45, 7) is 3.35. The van der Waals surface area contributed by atoms with Gasteiger partial charge in [0, 0.05) is 26.1 Å². The van der Waals surface area contributed by atoms with E-state index in [1.807, 2.05) is 18.2 Å². The van der Waals surface area contributed by atoms with Crippen LogP contribution in [0, 0.1) is 11.3 Å². The quantitative estimate of drug-likeness (QED) is 0.686.